The van der Waals surface area contributed by atoms with E-state index in [0.29, 0.717) is 16.3 Å². The maximum atomic E-state index is 13.5. The van der Waals surface area contributed by atoms with E-state index in [1.165, 1.54) is 36.6 Å². The van der Waals surface area contributed by atoms with Gasteiger partial charge in [-0.15, -0.1) is 11.3 Å². The molecule has 21 heavy (non-hydrogen) atoms. The largest absolute Gasteiger partial charge is 0.496 e. The van der Waals surface area contributed by atoms with Gasteiger partial charge in [-0.2, -0.15) is 0 Å². The topological polar surface area (TPSA) is 64.3 Å². The van der Waals surface area contributed by atoms with Crippen LogP contribution in [0.4, 0.5) is 10.1 Å². The fourth-order valence-corrected chi connectivity index (χ4v) is 2.33. The van der Waals surface area contributed by atoms with Gasteiger partial charge in [-0.05, 0) is 18.2 Å². The Morgan fingerprint density at radius 3 is 2.95 bits per heavy atom. The molecule has 0 aliphatic carbocycles. The number of nitrogens with two attached hydrogens (primary N) is 1. The Morgan fingerprint density at radius 1 is 1.48 bits per heavy atom. The molecule has 0 aliphatic rings. The Kier molecular flexibility index (Phi) is 4.93. The lowest BCUT2D eigenvalue weighted by Crippen LogP contribution is -2.10. The number of amides is 1. The summed E-state index contributed by atoms with van der Waals surface area (Å²) in [5, 5.41) is 4.42. The maximum absolute atomic E-state index is 13.5. The highest BCUT2D eigenvalue weighted by atomic mass is 32.1. The molecule has 0 spiro atoms. The summed E-state index contributed by atoms with van der Waals surface area (Å²) in [6, 6.07) is 5.84. The molecule has 1 heterocycles. The van der Waals surface area contributed by atoms with Crippen molar-refractivity contribution in [2.45, 2.75) is 0 Å². The van der Waals surface area contributed by atoms with Gasteiger partial charge in [-0.25, -0.2) is 4.39 Å². The van der Waals surface area contributed by atoms with Gasteiger partial charge in [0.25, 0.3) is 5.91 Å². The standard InChI is InChI=1S/C15H13FN2O2S/c1-20-12-8-14(21-9-12)15(19)18-11-4-5-13(16)10(7-11)3-2-6-17/h4-5,7-9H,6,17H2,1H3,(H,18,19). The van der Waals surface area contributed by atoms with Crippen LogP contribution in [-0.4, -0.2) is 19.6 Å². The average molecular weight is 304 g/mol. The van der Waals surface area contributed by atoms with Crippen molar-refractivity contribution >= 4 is 22.9 Å². The first-order valence-electron chi connectivity index (χ1n) is 6.06. The molecule has 1 amide bonds. The minimum absolute atomic E-state index is 0.144. The van der Waals surface area contributed by atoms with Crippen molar-refractivity contribution in [3.05, 3.63) is 45.9 Å². The number of thiophene rings is 1. The Bertz CT molecular complexity index is 716. The van der Waals surface area contributed by atoms with Crippen molar-refractivity contribution in [2.75, 3.05) is 19.0 Å². The summed E-state index contributed by atoms with van der Waals surface area (Å²) >= 11 is 1.27. The SMILES string of the molecule is COc1csc(C(=O)Nc2ccc(F)c(C#CCN)c2)c1. The zero-order valence-electron chi connectivity index (χ0n) is 11.3. The molecule has 4 nitrogen and oxygen atoms in total. The summed E-state index contributed by atoms with van der Waals surface area (Å²) in [6.07, 6.45) is 0. The van der Waals surface area contributed by atoms with Crippen molar-refractivity contribution < 1.29 is 13.9 Å². The first kappa shape index (κ1) is 15.0. The molecule has 2 aromatic rings. The number of ether oxygens (including phenoxy) is 1. The number of carbonyl (C=O) groups is 1. The highest BCUT2D eigenvalue weighted by molar-refractivity contribution is 7.12. The van der Waals surface area contributed by atoms with Crippen molar-refractivity contribution in [2.24, 2.45) is 5.73 Å². The minimum Gasteiger partial charge on any atom is -0.496 e. The van der Waals surface area contributed by atoms with Crippen molar-refractivity contribution in [1.29, 1.82) is 0 Å². The predicted octanol–water partition coefficient (Wildman–Crippen LogP) is 2.46. The number of carbonyl (C=O) groups excluding carboxylic acids is 1. The zero-order chi connectivity index (χ0) is 15.2. The molecule has 1 aromatic carbocycles. The van der Waals surface area contributed by atoms with Gasteiger partial charge in [0.1, 0.15) is 11.6 Å². The molecule has 0 aliphatic heterocycles. The zero-order valence-corrected chi connectivity index (χ0v) is 12.1. The van der Waals surface area contributed by atoms with Crippen LogP contribution >= 0.6 is 11.3 Å². The van der Waals surface area contributed by atoms with E-state index in [9.17, 15) is 9.18 Å². The molecular weight excluding hydrogens is 291 g/mol. The maximum Gasteiger partial charge on any atom is 0.265 e. The van der Waals surface area contributed by atoms with E-state index in [0.717, 1.165) is 0 Å². The van der Waals surface area contributed by atoms with Gasteiger partial charge in [-0.1, -0.05) is 11.8 Å². The van der Waals surface area contributed by atoms with Crippen LogP contribution in [0.25, 0.3) is 0 Å². The van der Waals surface area contributed by atoms with Crippen LogP contribution in [0.3, 0.4) is 0 Å². The molecule has 0 saturated carbocycles. The van der Waals surface area contributed by atoms with Gasteiger partial charge in [0.05, 0.1) is 24.1 Å². The molecular formula is C15H13FN2O2S. The van der Waals surface area contributed by atoms with Crippen LogP contribution in [0, 0.1) is 17.7 Å². The average Bonchev–Trinajstić information content (AvgIpc) is 2.97. The predicted molar refractivity (Wildman–Crippen MR) is 81.2 cm³/mol. The Labute approximate surface area is 125 Å². The number of hydrogen-bond donors (Lipinski definition) is 2. The Morgan fingerprint density at radius 2 is 2.29 bits per heavy atom. The van der Waals surface area contributed by atoms with Gasteiger partial charge in [0.15, 0.2) is 0 Å². The fraction of sp³-hybridized carbons (Fsp3) is 0.133. The van der Waals surface area contributed by atoms with Crippen LogP contribution in [0.15, 0.2) is 29.6 Å². The summed E-state index contributed by atoms with van der Waals surface area (Å²) in [5.41, 5.74) is 5.92. The molecule has 0 saturated heterocycles. The van der Waals surface area contributed by atoms with E-state index in [4.69, 9.17) is 10.5 Å². The molecule has 0 unspecified atom stereocenters. The van der Waals surface area contributed by atoms with Crippen LogP contribution < -0.4 is 15.8 Å². The second-order valence-corrected chi connectivity index (χ2v) is 4.92. The number of halogens is 1. The Balaban J connectivity index is 2.17. The van der Waals surface area contributed by atoms with Crippen molar-refractivity contribution in [3.8, 4) is 17.6 Å². The van der Waals surface area contributed by atoms with Gasteiger partial charge in [-0.3, -0.25) is 4.79 Å². The molecule has 1 aromatic heterocycles. The summed E-state index contributed by atoms with van der Waals surface area (Å²) in [7, 11) is 1.53. The first-order valence-corrected chi connectivity index (χ1v) is 6.94. The quantitative estimate of drug-likeness (QED) is 0.856. The smallest absolute Gasteiger partial charge is 0.265 e. The fourth-order valence-electron chi connectivity index (χ4n) is 1.58. The van der Waals surface area contributed by atoms with Crippen LogP contribution in [0.2, 0.25) is 0 Å². The first-order chi connectivity index (χ1) is 10.1. The van der Waals surface area contributed by atoms with Gasteiger partial charge in [0.2, 0.25) is 0 Å². The molecule has 0 atom stereocenters. The number of methoxy groups -OCH3 is 1. The molecule has 3 N–H and O–H groups in total. The number of rotatable bonds is 3. The second kappa shape index (κ2) is 6.88. The van der Waals surface area contributed by atoms with E-state index < -0.39 is 5.82 Å². The Hall–Kier alpha value is -2.36. The van der Waals surface area contributed by atoms with E-state index >= 15 is 0 Å². The lowest BCUT2D eigenvalue weighted by Gasteiger charge is -2.04. The molecule has 0 fully saturated rings. The number of nitrogens with one attached hydrogen (secondary N) is 1. The van der Waals surface area contributed by atoms with Gasteiger partial charge >= 0.3 is 0 Å². The lowest BCUT2D eigenvalue weighted by molar-refractivity contribution is 0.103. The molecule has 2 rings (SSSR count). The van der Waals surface area contributed by atoms with E-state index in [1.807, 2.05) is 0 Å². The molecule has 108 valence electrons. The number of anilines is 1. The van der Waals surface area contributed by atoms with E-state index in [1.54, 1.807) is 11.4 Å². The molecule has 0 radical (unpaired) electrons. The van der Waals surface area contributed by atoms with E-state index in [2.05, 4.69) is 17.2 Å². The highest BCUT2D eigenvalue weighted by Gasteiger charge is 2.10. The molecule has 6 heteroatoms. The monoisotopic (exact) mass is 304 g/mol. The van der Waals surface area contributed by atoms with Gasteiger partial charge < -0.3 is 15.8 Å². The van der Waals surface area contributed by atoms with Crippen molar-refractivity contribution in [1.82, 2.24) is 0 Å². The summed E-state index contributed by atoms with van der Waals surface area (Å²) < 4.78 is 18.6. The minimum atomic E-state index is -0.452. The summed E-state index contributed by atoms with van der Waals surface area (Å²) in [5.74, 6) is 5.09. The highest BCUT2D eigenvalue weighted by Crippen LogP contribution is 2.22. The van der Waals surface area contributed by atoms with Crippen LogP contribution in [0.1, 0.15) is 15.2 Å². The summed E-state index contributed by atoms with van der Waals surface area (Å²) in [4.78, 5) is 12.6. The van der Waals surface area contributed by atoms with Gasteiger partial charge in [0, 0.05) is 17.1 Å². The normalized spacial score (nSPS) is 9.67. The third-order valence-electron chi connectivity index (χ3n) is 2.58. The second-order valence-electron chi connectivity index (χ2n) is 4.01. The summed E-state index contributed by atoms with van der Waals surface area (Å²) in [6.45, 7) is 0.144. The van der Waals surface area contributed by atoms with Crippen LogP contribution in [0.5, 0.6) is 5.75 Å². The number of hydrogen-bond acceptors (Lipinski definition) is 4. The van der Waals surface area contributed by atoms with E-state index in [-0.39, 0.29) is 18.0 Å². The third-order valence-corrected chi connectivity index (χ3v) is 3.49. The number of benzene rings is 1. The lowest BCUT2D eigenvalue weighted by atomic mass is 10.2. The molecule has 0 bridgehead atoms. The third kappa shape index (κ3) is 3.81. The van der Waals surface area contributed by atoms with Crippen LogP contribution in [-0.2, 0) is 0 Å². The van der Waals surface area contributed by atoms with Crippen molar-refractivity contribution in [3.63, 3.8) is 0 Å².